The van der Waals surface area contributed by atoms with E-state index in [1.807, 2.05) is 38.1 Å². The molecule has 0 spiro atoms. The van der Waals surface area contributed by atoms with Crippen molar-refractivity contribution in [1.82, 2.24) is 9.13 Å². The van der Waals surface area contributed by atoms with Crippen LogP contribution in [0.15, 0.2) is 41.5 Å². The van der Waals surface area contributed by atoms with E-state index in [9.17, 15) is 9.90 Å². The normalized spacial score (nSPS) is 12.3. The Morgan fingerprint density at radius 1 is 1.20 bits per heavy atom. The smallest absolute Gasteiger partial charge is 0.328 e. The van der Waals surface area contributed by atoms with Gasteiger partial charge in [-0.2, -0.15) is 0 Å². The summed E-state index contributed by atoms with van der Waals surface area (Å²) in [7, 11) is 0. The number of ether oxygens (including phenoxy) is 1. The molecule has 1 heterocycles. The molecule has 0 fully saturated rings. The average molecular weight is 276 g/mol. The highest BCUT2D eigenvalue weighted by Gasteiger charge is 2.15. The zero-order valence-corrected chi connectivity index (χ0v) is 11.8. The zero-order chi connectivity index (χ0) is 14.5. The molecule has 0 amide bonds. The monoisotopic (exact) mass is 276 g/mol. The second kappa shape index (κ2) is 6.43. The lowest BCUT2D eigenvalue weighted by Gasteiger charge is -2.15. The summed E-state index contributed by atoms with van der Waals surface area (Å²) in [6.07, 6.45) is 2.64. The Balaban J connectivity index is 2.21. The van der Waals surface area contributed by atoms with Gasteiger partial charge in [-0.05, 0) is 19.9 Å². The predicted octanol–water partition coefficient (Wildman–Crippen LogP) is 1.80. The topological polar surface area (TPSA) is 56.4 Å². The number of aromatic nitrogens is 2. The number of nitrogens with zero attached hydrogens (tertiary/aromatic N) is 2. The summed E-state index contributed by atoms with van der Waals surface area (Å²) < 4.78 is 8.61. The lowest BCUT2D eigenvalue weighted by molar-refractivity contribution is 0.150. The fourth-order valence-electron chi connectivity index (χ4n) is 2.16. The Kier molecular flexibility index (Phi) is 4.63. The van der Waals surface area contributed by atoms with Crippen LogP contribution in [0.5, 0.6) is 5.75 Å². The Morgan fingerprint density at radius 2 is 1.90 bits per heavy atom. The summed E-state index contributed by atoms with van der Waals surface area (Å²) >= 11 is 0. The van der Waals surface area contributed by atoms with E-state index in [1.54, 1.807) is 17.0 Å². The largest absolute Gasteiger partial charge is 0.493 e. The number of imidazole rings is 1. The average Bonchev–Trinajstić information content (AvgIpc) is 2.80. The van der Waals surface area contributed by atoms with Crippen molar-refractivity contribution in [2.45, 2.75) is 33.0 Å². The van der Waals surface area contributed by atoms with E-state index in [-0.39, 0.29) is 12.2 Å². The quantitative estimate of drug-likeness (QED) is 0.875. The van der Waals surface area contributed by atoms with E-state index < -0.39 is 6.10 Å². The molecule has 2 rings (SSSR count). The van der Waals surface area contributed by atoms with E-state index in [1.165, 1.54) is 4.57 Å². The molecule has 108 valence electrons. The maximum Gasteiger partial charge on any atom is 0.328 e. The second-order valence-electron chi connectivity index (χ2n) is 4.51. The molecule has 1 aromatic heterocycles. The summed E-state index contributed by atoms with van der Waals surface area (Å²) in [6.45, 7) is 5.19. The summed E-state index contributed by atoms with van der Waals surface area (Å²) in [4.78, 5) is 12.0. The van der Waals surface area contributed by atoms with Crippen molar-refractivity contribution in [3.05, 3.63) is 52.7 Å². The van der Waals surface area contributed by atoms with Crippen LogP contribution < -0.4 is 10.4 Å². The van der Waals surface area contributed by atoms with Crippen molar-refractivity contribution in [3.8, 4) is 5.75 Å². The van der Waals surface area contributed by atoms with Crippen molar-refractivity contribution < 1.29 is 9.84 Å². The van der Waals surface area contributed by atoms with Crippen LogP contribution in [0.25, 0.3) is 0 Å². The Hall–Kier alpha value is -2.01. The molecule has 0 aliphatic rings. The van der Waals surface area contributed by atoms with E-state index >= 15 is 0 Å². The first-order valence-corrected chi connectivity index (χ1v) is 6.82. The standard InChI is InChI=1S/C15H20N2O3/c1-3-16-9-10-17(15(16)19)11-13(18)12-7-5-6-8-14(12)20-4-2/h5-10,13,18H,3-4,11H2,1-2H3. The van der Waals surface area contributed by atoms with Crippen molar-refractivity contribution in [1.29, 1.82) is 0 Å². The molecule has 0 radical (unpaired) electrons. The van der Waals surface area contributed by atoms with Crippen molar-refractivity contribution >= 4 is 0 Å². The molecule has 0 aliphatic carbocycles. The summed E-state index contributed by atoms with van der Waals surface area (Å²) in [5.41, 5.74) is 0.589. The van der Waals surface area contributed by atoms with Gasteiger partial charge < -0.3 is 9.84 Å². The Morgan fingerprint density at radius 3 is 2.55 bits per heavy atom. The number of hydrogen-bond acceptors (Lipinski definition) is 3. The van der Waals surface area contributed by atoms with E-state index in [2.05, 4.69) is 0 Å². The maximum absolute atomic E-state index is 12.0. The van der Waals surface area contributed by atoms with Crippen LogP contribution in [0.1, 0.15) is 25.5 Å². The zero-order valence-electron chi connectivity index (χ0n) is 11.8. The van der Waals surface area contributed by atoms with Gasteiger partial charge in [0.05, 0.1) is 13.2 Å². The molecule has 2 aromatic rings. The second-order valence-corrected chi connectivity index (χ2v) is 4.51. The summed E-state index contributed by atoms with van der Waals surface area (Å²) in [6, 6.07) is 7.35. The fraction of sp³-hybridized carbons (Fsp3) is 0.400. The van der Waals surface area contributed by atoms with Gasteiger partial charge in [0.25, 0.3) is 0 Å². The molecule has 5 heteroatoms. The van der Waals surface area contributed by atoms with E-state index in [0.29, 0.717) is 24.5 Å². The molecule has 20 heavy (non-hydrogen) atoms. The Labute approximate surface area is 118 Å². The number of benzene rings is 1. The van der Waals surface area contributed by atoms with E-state index in [0.717, 1.165) is 0 Å². The lowest BCUT2D eigenvalue weighted by Crippen LogP contribution is -2.25. The van der Waals surface area contributed by atoms with Crippen molar-refractivity contribution in [2.24, 2.45) is 0 Å². The van der Waals surface area contributed by atoms with Gasteiger partial charge in [0.15, 0.2) is 0 Å². The van der Waals surface area contributed by atoms with Crippen LogP contribution in [0, 0.1) is 0 Å². The van der Waals surface area contributed by atoms with Gasteiger partial charge in [-0.3, -0.25) is 9.13 Å². The van der Waals surface area contributed by atoms with Gasteiger partial charge in [-0.25, -0.2) is 4.79 Å². The number of aliphatic hydroxyl groups is 1. The van der Waals surface area contributed by atoms with Gasteiger partial charge in [0.1, 0.15) is 11.9 Å². The van der Waals surface area contributed by atoms with Gasteiger partial charge >= 0.3 is 5.69 Å². The fourth-order valence-corrected chi connectivity index (χ4v) is 2.16. The minimum Gasteiger partial charge on any atom is -0.493 e. The molecular formula is C15H20N2O3. The molecule has 5 nitrogen and oxygen atoms in total. The predicted molar refractivity (Wildman–Crippen MR) is 76.9 cm³/mol. The van der Waals surface area contributed by atoms with Gasteiger partial charge in [0, 0.05) is 24.5 Å². The molecule has 1 aromatic carbocycles. The SMILES string of the molecule is CCOc1ccccc1C(O)Cn1ccn(CC)c1=O. The molecule has 1 atom stereocenters. The summed E-state index contributed by atoms with van der Waals surface area (Å²) in [5, 5.41) is 10.3. The molecule has 0 bridgehead atoms. The Bertz CT molecular complexity index is 616. The van der Waals surface area contributed by atoms with Crippen LogP contribution in [0.4, 0.5) is 0 Å². The van der Waals surface area contributed by atoms with Crippen molar-refractivity contribution in [3.63, 3.8) is 0 Å². The first kappa shape index (κ1) is 14.4. The van der Waals surface area contributed by atoms with Crippen LogP contribution in [0.2, 0.25) is 0 Å². The van der Waals surface area contributed by atoms with Gasteiger partial charge in [-0.1, -0.05) is 18.2 Å². The van der Waals surface area contributed by atoms with Gasteiger partial charge in [-0.15, -0.1) is 0 Å². The molecule has 0 aliphatic heterocycles. The number of aliphatic hydroxyl groups excluding tert-OH is 1. The van der Waals surface area contributed by atoms with Crippen molar-refractivity contribution in [2.75, 3.05) is 6.61 Å². The third-order valence-electron chi connectivity index (χ3n) is 3.21. The lowest BCUT2D eigenvalue weighted by atomic mass is 10.1. The highest BCUT2D eigenvalue weighted by atomic mass is 16.5. The molecule has 1 N–H and O–H groups in total. The molecule has 1 unspecified atom stereocenters. The first-order chi connectivity index (χ1) is 9.67. The van der Waals surface area contributed by atoms with Crippen LogP contribution in [0.3, 0.4) is 0 Å². The molecule has 0 saturated heterocycles. The highest BCUT2D eigenvalue weighted by molar-refractivity contribution is 5.35. The number of hydrogen-bond donors (Lipinski definition) is 1. The van der Waals surface area contributed by atoms with E-state index in [4.69, 9.17) is 4.74 Å². The third kappa shape index (κ3) is 2.93. The molecule has 0 saturated carbocycles. The number of aryl methyl sites for hydroxylation is 1. The van der Waals surface area contributed by atoms with Crippen LogP contribution in [-0.2, 0) is 13.1 Å². The minimum absolute atomic E-state index is 0.111. The number of rotatable bonds is 6. The number of para-hydroxylation sites is 1. The first-order valence-electron chi connectivity index (χ1n) is 6.82. The van der Waals surface area contributed by atoms with Gasteiger partial charge in [0.2, 0.25) is 0 Å². The third-order valence-corrected chi connectivity index (χ3v) is 3.21. The minimum atomic E-state index is -0.775. The van der Waals surface area contributed by atoms with Crippen LogP contribution in [-0.4, -0.2) is 20.8 Å². The van der Waals surface area contributed by atoms with Crippen LogP contribution >= 0.6 is 0 Å². The summed E-state index contributed by atoms with van der Waals surface area (Å²) in [5.74, 6) is 0.658. The maximum atomic E-state index is 12.0. The molecular weight excluding hydrogens is 256 g/mol. The highest BCUT2D eigenvalue weighted by Crippen LogP contribution is 2.25.